The van der Waals surface area contributed by atoms with E-state index in [1.807, 2.05) is 43.3 Å². The molecule has 1 saturated heterocycles. The first kappa shape index (κ1) is 15.8. The van der Waals surface area contributed by atoms with Gasteiger partial charge in [0, 0.05) is 13.1 Å². The molecule has 0 aromatic heterocycles. The van der Waals surface area contributed by atoms with Gasteiger partial charge in [-0.3, -0.25) is 0 Å². The first-order valence-corrected chi connectivity index (χ1v) is 7.96. The highest BCUT2D eigenvalue weighted by Gasteiger charge is 2.28. The molecule has 1 fully saturated rings. The Balaban J connectivity index is 1.89. The SMILES string of the molecule is COc1cc(C)ccc1OC(c1ccccc1)[C@@H]1CNCCO1. The molecule has 122 valence electrons. The van der Waals surface area contributed by atoms with Crippen molar-refractivity contribution < 1.29 is 14.2 Å². The number of rotatable bonds is 5. The maximum absolute atomic E-state index is 6.33. The van der Waals surface area contributed by atoms with Gasteiger partial charge in [-0.15, -0.1) is 0 Å². The van der Waals surface area contributed by atoms with Gasteiger partial charge in [0.15, 0.2) is 17.6 Å². The van der Waals surface area contributed by atoms with Crippen molar-refractivity contribution in [3.8, 4) is 11.5 Å². The summed E-state index contributed by atoms with van der Waals surface area (Å²) in [6.45, 7) is 4.39. The number of nitrogens with one attached hydrogen (secondary N) is 1. The van der Waals surface area contributed by atoms with Crippen molar-refractivity contribution in [1.82, 2.24) is 5.32 Å². The maximum atomic E-state index is 6.33. The van der Waals surface area contributed by atoms with Gasteiger partial charge < -0.3 is 19.5 Å². The molecule has 0 spiro atoms. The molecule has 0 aliphatic carbocycles. The van der Waals surface area contributed by atoms with Gasteiger partial charge in [0.2, 0.25) is 0 Å². The minimum atomic E-state index is -0.180. The molecular formula is C19H23NO3. The molecule has 4 heteroatoms. The number of ether oxygens (including phenoxy) is 3. The lowest BCUT2D eigenvalue weighted by atomic mass is 10.0. The van der Waals surface area contributed by atoms with Crippen LogP contribution in [0.25, 0.3) is 0 Å². The first-order chi connectivity index (χ1) is 11.3. The van der Waals surface area contributed by atoms with E-state index in [1.165, 1.54) is 0 Å². The second-order valence-electron chi connectivity index (χ2n) is 5.72. The van der Waals surface area contributed by atoms with Crippen LogP contribution >= 0.6 is 0 Å². The average Bonchev–Trinajstić information content (AvgIpc) is 2.62. The Hall–Kier alpha value is -2.04. The quantitative estimate of drug-likeness (QED) is 0.921. The van der Waals surface area contributed by atoms with Crippen LogP contribution in [0.5, 0.6) is 11.5 Å². The summed E-state index contributed by atoms with van der Waals surface area (Å²) in [4.78, 5) is 0. The second-order valence-corrected chi connectivity index (χ2v) is 5.72. The van der Waals surface area contributed by atoms with Crippen molar-refractivity contribution in [2.45, 2.75) is 19.1 Å². The summed E-state index contributed by atoms with van der Waals surface area (Å²) < 4.78 is 17.7. The van der Waals surface area contributed by atoms with Crippen LogP contribution in [-0.4, -0.2) is 32.9 Å². The van der Waals surface area contributed by atoms with Crippen LogP contribution in [-0.2, 0) is 4.74 Å². The summed E-state index contributed by atoms with van der Waals surface area (Å²) in [5, 5.41) is 3.37. The molecule has 2 aromatic rings. The summed E-state index contributed by atoms with van der Waals surface area (Å²) >= 11 is 0. The molecule has 1 heterocycles. The van der Waals surface area contributed by atoms with Gasteiger partial charge in [-0.25, -0.2) is 0 Å². The number of morpholine rings is 1. The molecule has 1 aliphatic heterocycles. The highest BCUT2D eigenvalue weighted by molar-refractivity contribution is 5.43. The monoisotopic (exact) mass is 313 g/mol. The zero-order valence-corrected chi connectivity index (χ0v) is 13.6. The molecule has 1 N–H and O–H groups in total. The first-order valence-electron chi connectivity index (χ1n) is 7.96. The van der Waals surface area contributed by atoms with Crippen molar-refractivity contribution in [3.63, 3.8) is 0 Å². The topological polar surface area (TPSA) is 39.7 Å². The normalized spacial score (nSPS) is 19.1. The van der Waals surface area contributed by atoms with Gasteiger partial charge in [-0.05, 0) is 30.2 Å². The average molecular weight is 313 g/mol. The smallest absolute Gasteiger partial charge is 0.162 e. The highest BCUT2D eigenvalue weighted by Crippen LogP contribution is 2.34. The summed E-state index contributed by atoms with van der Waals surface area (Å²) in [5.74, 6) is 1.48. The van der Waals surface area contributed by atoms with Crippen LogP contribution in [0.15, 0.2) is 48.5 Å². The Morgan fingerprint density at radius 2 is 1.96 bits per heavy atom. The molecule has 0 amide bonds. The Kier molecular flexibility index (Phi) is 5.16. The minimum Gasteiger partial charge on any atom is -0.493 e. The van der Waals surface area contributed by atoms with Crippen LogP contribution < -0.4 is 14.8 Å². The van der Waals surface area contributed by atoms with Crippen LogP contribution in [0.2, 0.25) is 0 Å². The van der Waals surface area contributed by atoms with E-state index in [4.69, 9.17) is 14.2 Å². The summed E-state index contributed by atoms with van der Waals surface area (Å²) in [5.41, 5.74) is 2.24. The van der Waals surface area contributed by atoms with E-state index < -0.39 is 0 Å². The third kappa shape index (κ3) is 3.84. The fraction of sp³-hybridized carbons (Fsp3) is 0.368. The zero-order chi connectivity index (χ0) is 16.1. The third-order valence-corrected chi connectivity index (χ3v) is 4.00. The van der Waals surface area contributed by atoms with E-state index in [2.05, 4.69) is 17.4 Å². The number of benzene rings is 2. The number of methoxy groups -OCH3 is 1. The molecule has 1 aliphatic rings. The molecule has 0 bridgehead atoms. The number of hydrogen-bond donors (Lipinski definition) is 1. The van der Waals surface area contributed by atoms with E-state index in [1.54, 1.807) is 7.11 Å². The fourth-order valence-electron chi connectivity index (χ4n) is 2.79. The zero-order valence-electron chi connectivity index (χ0n) is 13.6. The predicted molar refractivity (Wildman–Crippen MR) is 90.2 cm³/mol. The summed E-state index contributed by atoms with van der Waals surface area (Å²) in [6.07, 6.45) is -0.210. The van der Waals surface area contributed by atoms with E-state index in [0.717, 1.165) is 35.7 Å². The molecule has 2 aromatic carbocycles. The van der Waals surface area contributed by atoms with Gasteiger partial charge in [0.25, 0.3) is 0 Å². The molecule has 4 nitrogen and oxygen atoms in total. The Morgan fingerprint density at radius 1 is 1.13 bits per heavy atom. The van der Waals surface area contributed by atoms with E-state index in [9.17, 15) is 0 Å². The van der Waals surface area contributed by atoms with Crippen LogP contribution in [0.1, 0.15) is 17.2 Å². The fourth-order valence-corrected chi connectivity index (χ4v) is 2.79. The van der Waals surface area contributed by atoms with Crippen molar-refractivity contribution in [3.05, 3.63) is 59.7 Å². The molecule has 2 atom stereocenters. The third-order valence-electron chi connectivity index (χ3n) is 4.00. The molecular weight excluding hydrogens is 290 g/mol. The Morgan fingerprint density at radius 3 is 2.65 bits per heavy atom. The van der Waals surface area contributed by atoms with Crippen LogP contribution in [0.4, 0.5) is 0 Å². The lowest BCUT2D eigenvalue weighted by Gasteiger charge is -2.32. The molecule has 0 saturated carbocycles. The standard InChI is InChI=1S/C19H23NO3/c1-14-8-9-16(17(12-14)21-2)23-19(15-6-4-3-5-7-15)18-13-20-10-11-22-18/h3-9,12,18-20H,10-11,13H2,1-2H3/t18-,19?/m0/s1. The van der Waals surface area contributed by atoms with Crippen molar-refractivity contribution in [2.75, 3.05) is 26.8 Å². The van der Waals surface area contributed by atoms with Crippen molar-refractivity contribution in [1.29, 1.82) is 0 Å². The van der Waals surface area contributed by atoms with Crippen LogP contribution in [0.3, 0.4) is 0 Å². The Labute approximate surface area is 137 Å². The number of hydrogen-bond acceptors (Lipinski definition) is 4. The van der Waals surface area contributed by atoms with Gasteiger partial charge >= 0.3 is 0 Å². The summed E-state index contributed by atoms with van der Waals surface area (Å²) in [7, 11) is 1.66. The van der Waals surface area contributed by atoms with Crippen molar-refractivity contribution >= 4 is 0 Å². The predicted octanol–water partition coefficient (Wildman–Crippen LogP) is 3.11. The van der Waals surface area contributed by atoms with Gasteiger partial charge in [0.05, 0.1) is 13.7 Å². The number of aryl methyl sites for hydroxylation is 1. The second kappa shape index (κ2) is 7.49. The van der Waals surface area contributed by atoms with E-state index in [-0.39, 0.29) is 12.2 Å². The Bertz CT molecular complexity index is 624. The van der Waals surface area contributed by atoms with E-state index in [0.29, 0.717) is 6.61 Å². The lowest BCUT2D eigenvalue weighted by Crippen LogP contribution is -2.43. The lowest BCUT2D eigenvalue weighted by molar-refractivity contribution is -0.0438. The molecule has 23 heavy (non-hydrogen) atoms. The van der Waals surface area contributed by atoms with Gasteiger partial charge in [0.1, 0.15) is 6.10 Å². The van der Waals surface area contributed by atoms with Crippen LogP contribution in [0, 0.1) is 6.92 Å². The summed E-state index contributed by atoms with van der Waals surface area (Å²) in [6, 6.07) is 16.2. The molecule has 3 rings (SSSR count). The highest BCUT2D eigenvalue weighted by atomic mass is 16.6. The van der Waals surface area contributed by atoms with E-state index >= 15 is 0 Å². The largest absolute Gasteiger partial charge is 0.493 e. The van der Waals surface area contributed by atoms with Gasteiger partial charge in [-0.1, -0.05) is 36.4 Å². The minimum absolute atomic E-state index is 0.0304. The van der Waals surface area contributed by atoms with Crippen molar-refractivity contribution in [2.24, 2.45) is 0 Å². The van der Waals surface area contributed by atoms with Gasteiger partial charge in [-0.2, -0.15) is 0 Å². The maximum Gasteiger partial charge on any atom is 0.162 e. The molecule has 0 radical (unpaired) electrons. The molecule has 1 unspecified atom stereocenters.